The van der Waals surface area contributed by atoms with Crippen molar-refractivity contribution in [1.82, 2.24) is 37.4 Å². The summed E-state index contributed by atoms with van der Waals surface area (Å²) < 4.78 is 0. The van der Waals surface area contributed by atoms with Gasteiger partial charge in [0.1, 0.15) is 36.0 Å². The molecule has 0 saturated heterocycles. The number of hydrazine groups is 2. The number of amides is 8. The van der Waals surface area contributed by atoms with Gasteiger partial charge < -0.3 is 48.9 Å². The molecule has 0 radical (unpaired) electrons. The Balaban J connectivity index is 3.14. The average Bonchev–Trinajstić information content (AvgIpc) is 3.27. The molecule has 0 spiro atoms. The molecule has 1 aromatic carbocycles. The van der Waals surface area contributed by atoms with Crippen molar-refractivity contribution in [1.29, 1.82) is 0 Å². The molecular formula is C45H80N12O9. The highest BCUT2D eigenvalue weighted by Crippen LogP contribution is 2.15. The molecule has 0 aliphatic heterocycles. The van der Waals surface area contributed by atoms with Crippen LogP contribution in [0.25, 0.3) is 0 Å². The smallest absolute Gasteiger partial charge is 0.243 e. The molecule has 5 atom stereocenters. The largest absolute Gasteiger partial charge is 0.508 e. The second-order valence-electron chi connectivity index (χ2n) is 16.8. The lowest BCUT2D eigenvalue weighted by Crippen LogP contribution is -2.59. The van der Waals surface area contributed by atoms with Crippen LogP contribution < -0.4 is 66.3 Å². The monoisotopic (exact) mass is 933 g/mol. The molecule has 8 amide bonds. The summed E-state index contributed by atoms with van der Waals surface area (Å²) >= 11 is 0. The van der Waals surface area contributed by atoms with Crippen molar-refractivity contribution in [3.05, 3.63) is 29.8 Å². The van der Waals surface area contributed by atoms with E-state index in [4.69, 9.17) is 28.9 Å². The number of phenols is 1. The van der Waals surface area contributed by atoms with E-state index in [1.165, 1.54) is 75.6 Å². The first-order valence-electron chi connectivity index (χ1n) is 23.6. The van der Waals surface area contributed by atoms with Gasteiger partial charge in [0.15, 0.2) is 0 Å². The van der Waals surface area contributed by atoms with Crippen molar-refractivity contribution in [3.8, 4) is 5.75 Å². The average molecular weight is 933 g/mol. The lowest BCUT2D eigenvalue weighted by atomic mass is 10.0. The van der Waals surface area contributed by atoms with Gasteiger partial charge in [-0.05, 0) is 62.6 Å². The van der Waals surface area contributed by atoms with Gasteiger partial charge in [-0.15, -0.1) is 0 Å². The number of unbranched alkanes of at least 4 members (excludes halogenated alkanes) is 12. The second-order valence-corrected chi connectivity index (χ2v) is 16.8. The predicted octanol–water partition coefficient (Wildman–Crippen LogP) is 0.343. The molecule has 0 aliphatic carbocycles. The highest BCUT2D eigenvalue weighted by molar-refractivity contribution is 5.96. The Kier molecular flexibility index (Phi) is 31.8. The first-order valence-corrected chi connectivity index (χ1v) is 23.6. The third-order valence-corrected chi connectivity index (χ3v) is 11.1. The molecule has 1 rings (SSSR count). The molecule has 0 aromatic heterocycles. The Morgan fingerprint density at radius 3 is 1.27 bits per heavy atom. The van der Waals surface area contributed by atoms with Crippen LogP contribution in [0.4, 0.5) is 0 Å². The molecule has 0 bridgehead atoms. The van der Waals surface area contributed by atoms with Crippen LogP contribution in [0, 0.1) is 0 Å². The normalized spacial score (nSPS) is 13.3. The van der Waals surface area contributed by atoms with Crippen LogP contribution in [0.5, 0.6) is 5.75 Å². The molecule has 374 valence electrons. The molecule has 0 saturated carbocycles. The summed E-state index contributed by atoms with van der Waals surface area (Å²) in [6.45, 7) is 2.85. The lowest BCUT2D eigenvalue weighted by molar-refractivity contribution is -0.135. The van der Waals surface area contributed by atoms with E-state index in [-0.39, 0.29) is 63.0 Å². The van der Waals surface area contributed by atoms with Crippen LogP contribution in [-0.2, 0) is 44.8 Å². The highest BCUT2D eigenvalue weighted by Gasteiger charge is 2.33. The third kappa shape index (κ3) is 27.8. The standard InChI is InChI=1S/C45H80N12O9/c1-2-3-4-5-6-7-8-9-10-11-12-13-14-19-40(61)53-34(18-16-29-52-50)42(63)55-35(24-26-38(46)59)43(64)56-36(25-27-39(47)60)44(65)57-37(30-31-20-22-32(58)23-21-31)45(66)54-33(41(48)62)17-15-28-51-49/h20-23,33-37,51-52,58H,2-19,24-30,49-50H2,1H3,(H2,46,59)(H2,47,60)(H2,48,62)(H,53,61)(H,54,66)(H,55,63)(H,56,64)(H,57,65)/t33-,34-,35+,36-,37+/m0/s1. The fourth-order valence-electron chi connectivity index (χ4n) is 7.22. The Morgan fingerprint density at radius 1 is 0.470 bits per heavy atom. The van der Waals surface area contributed by atoms with E-state index in [1.807, 2.05) is 0 Å². The highest BCUT2D eigenvalue weighted by atomic mass is 16.3. The second kappa shape index (κ2) is 35.8. The SMILES string of the molecule is CCCCCCCCCCCCCCCC(=O)N[C@@H](CCCNN)C(=O)N[C@H](CCC(N)=O)C(=O)N[C@@H](CCC(N)=O)C(=O)N[C@H](Cc1ccc(O)cc1)C(=O)N[C@@H](CCCNN)C(N)=O. The summed E-state index contributed by atoms with van der Waals surface area (Å²) in [5.74, 6) is 4.56. The fraction of sp³-hybridized carbons (Fsp3) is 0.689. The lowest BCUT2D eigenvalue weighted by Gasteiger charge is -2.27. The van der Waals surface area contributed by atoms with Crippen LogP contribution in [0.1, 0.15) is 154 Å². The van der Waals surface area contributed by atoms with Gasteiger partial charge in [-0.25, -0.2) is 0 Å². The van der Waals surface area contributed by atoms with E-state index in [0.717, 1.165) is 25.7 Å². The van der Waals surface area contributed by atoms with E-state index in [0.29, 0.717) is 37.9 Å². The van der Waals surface area contributed by atoms with E-state index in [1.54, 1.807) is 0 Å². The van der Waals surface area contributed by atoms with E-state index in [9.17, 15) is 43.5 Å². The van der Waals surface area contributed by atoms with E-state index < -0.39 is 71.6 Å². The molecule has 66 heavy (non-hydrogen) atoms. The summed E-state index contributed by atoms with van der Waals surface area (Å²) in [5.41, 5.74) is 21.8. The molecule has 0 aliphatic rings. The number of carbonyl (C=O) groups excluding carboxylic acids is 8. The minimum absolute atomic E-state index is 0.0513. The van der Waals surface area contributed by atoms with Crippen LogP contribution >= 0.6 is 0 Å². The Bertz CT molecular complexity index is 1620. The Labute approximate surface area is 389 Å². The van der Waals surface area contributed by atoms with Crippen molar-refractivity contribution in [2.75, 3.05) is 13.1 Å². The van der Waals surface area contributed by atoms with Crippen molar-refractivity contribution in [2.24, 2.45) is 28.9 Å². The number of benzene rings is 1. The van der Waals surface area contributed by atoms with Crippen LogP contribution in [0.2, 0.25) is 0 Å². The molecule has 21 nitrogen and oxygen atoms in total. The summed E-state index contributed by atoms with van der Waals surface area (Å²) in [7, 11) is 0. The van der Waals surface area contributed by atoms with Gasteiger partial charge in [0.05, 0.1) is 0 Å². The predicted molar refractivity (Wildman–Crippen MR) is 251 cm³/mol. The Hall–Kier alpha value is -5.38. The minimum atomic E-state index is -1.51. The maximum absolute atomic E-state index is 14.0. The summed E-state index contributed by atoms with van der Waals surface area (Å²) in [5, 5.41) is 22.8. The van der Waals surface area contributed by atoms with Gasteiger partial charge in [0.2, 0.25) is 47.3 Å². The fourth-order valence-corrected chi connectivity index (χ4v) is 7.22. The van der Waals surface area contributed by atoms with Crippen molar-refractivity contribution >= 4 is 47.3 Å². The number of hydrogen-bond donors (Lipinski definition) is 13. The minimum Gasteiger partial charge on any atom is -0.508 e. The molecule has 21 heteroatoms. The van der Waals surface area contributed by atoms with Gasteiger partial charge in [-0.2, -0.15) is 0 Å². The molecule has 1 aromatic rings. The quantitative estimate of drug-likeness (QED) is 0.0240. The van der Waals surface area contributed by atoms with Crippen molar-refractivity contribution in [2.45, 2.75) is 185 Å². The number of phenolic OH excluding ortho intramolecular Hbond substituents is 1. The summed E-state index contributed by atoms with van der Waals surface area (Å²) in [6.07, 6.45) is 14.7. The van der Waals surface area contributed by atoms with Gasteiger partial charge in [0, 0.05) is 38.8 Å². The summed E-state index contributed by atoms with van der Waals surface area (Å²) in [4.78, 5) is 104. The maximum atomic E-state index is 14.0. The number of primary amides is 3. The van der Waals surface area contributed by atoms with Gasteiger partial charge in [-0.1, -0.05) is 96.1 Å². The van der Waals surface area contributed by atoms with Crippen LogP contribution in [-0.4, -0.2) is 95.7 Å². The number of nitrogens with two attached hydrogens (primary N) is 5. The number of aromatic hydroxyl groups is 1. The molecule has 0 unspecified atom stereocenters. The van der Waals surface area contributed by atoms with Gasteiger partial charge in [0.25, 0.3) is 0 Å². The molecule has 0 heterocycles. The van der Waals surface area contributed by atoms with E-state index in [2.05, 4.69) is 44.4 Å². The van der Waals surface area contributed by atoms with Crippen molar-refractivity contribution < 1.29 is 43.5 Å². The zero-order valence-electron chi connectivity index (χ0n) is 39.0. The maximum Gasteiger partial charge on any atom is 0.243 e. The Morgan fingerprint density at radius 2 is 0.848 bits per heavy atom. The molecule has 18 N–H and O–H groups in total. The zero-order chi connectivity index (χ0) is 49.1. The number of carbonyl (C=O) groups is 8. The number of nitrogens with one attached hydrogen (secondary N) is 7. The topological polar surface area (TPSA) is 371 Å². The van der Waals surface area contributed by atoms with Crippen molar-refractivity contribution in [3.63, 3.8) is 0 Å². The molecular weight excluding hydrogens is 853 g/mol. The first-order chi connectivity index (χ1) is 31.6. The molecule has 0 fully saturated rings. The number of rotatable bonds is 40. The summed E-state index contributed by atoms with van der Waals surface area (Å²) in [6, 6.07) is -0.770. The third-order valence-electron chi connectivity index (χ3n) is 11.1. The van der Waals surface area contributed by atoms with E-state index >= 15 is 0 Å². The first kappa shape index (κ1) is 58.6. The van der Waals surface area contributed by atoms with Gasteiger partial charge in [-0.3, -0.25) is 60.9 Å². The van der Waals surface area contributed by atoms with Crippen LogP contribution in [0.3, 0.4) is 0 Å². The zero-order valence-corrected chi connectivity index (χ0v) is 39.0. The number of hydrogen-bond acceptors (Lipinski definition) is 13. The van der Waals surface area contributed by atoms with Gasteiger partial charge >= 0.3 is 0 Å². The van der Waals surface area contributed by atoms with Crippen LogP contribution in [0.15, 0.2) is 24.3 Å².